The second-order valence-electron chi connectivity index (χ2n) is 5.18. The minimum absolute atomic E-state index is 0.627. The van der Waals surface area contributed by atoms with Crippen molar-refractivity contribution in [1.82, 2.24) is 9.36 Å². The first kappa shape index (κ1) is 13.7. The summed E-state index contributed by atoms with van der Waals surface area (Å²) in [6, 6.07) is 0.627. The number of anilines is 1. The summed E-state index contributed by atoms with van der Waals surface area (Å²) >= 11 is 1.51. The molecule has 2 atom stereocenters. The van der Waals surface area contributed by atoms with E-state index < -0.39 is 0 Å². The van der Waals surface area contributed by atoms with Gasteiger partial charge in [-0.15, -0.1) is 0 Å². The molecule has 1 aliphatic rings. The molecule has 0 amide bonds. The zero-order valence-electron chi connectivity index (χ0n) is 11.6. The van der Waals surface area contributed by atoms with E-state index in [0.717, 1.165) is 23.3 Å². The fourth-order valence-electron chi connectivity index (χ4n) is 2.70. The fraction of sp³-hybridized carbons (Fsp3) is 0.846. The lowest BCUT2D eigenvalue weighted by molar-refractivity contribution is 0.201. The summed E-state index contributed by atoms with van der Waals surface area (Å²) in [6.07, 6.45) is 6.14. The molecule has 1 heterocycles. The van der Waals surface area contributed by atoms with E-state index in [1.807, 2.05) is 0 Å². The molecule has 1 aromatic rings. The molecule has 1 aliphatic carbocycles. The van der Waals surface area contributed by atoms with Crippen molar-refractivity contribution in [3.05, 3.63) is 5.82 Å². The molecule has 0 aromatic carbocycles. The van der Waals surface area contributed by atoms with Gasteiger partial charge in [-0.3, -0.25) is 0 Å². The van der Waals surface area contributed by atoms with Crippen LogP contribution < -0.4 is 4.90 Å². The van der Waals surface area contributed by atoms with Crippen molar-refractivity contribution >= 4 is 16.7 Å². The quantitative estimate of drug-likeness (QED) is 0.824. The van der Waals surface area contributed by atoms with Crippen LogP contribution in [0.5, 0.6) is 0 Å². The monoisotopic (exact) mass is 269 g/mol. The Balaban J connectivity index is 1.99. The number of aromatic nitrogens is 2. The lowest BCUT2D eigenvalue weighted by Gasteiger charge is -2.35. The third-order valence-corrected chi connectivity index (χ3v) is 4.70. The summed E-state index contributed by atoms with van der Waals surface area (Å²) in [6.45, 7) is 3.05. The topological polar surface area (TPSA) is 38.2 Å². The minimum atomic E-state index is 0.627. The van der Waals surface area contributed by atoms with Gasteiger partial charge in [0, 0.05) is 38.2 Å². The molecule has 0 bridgehead atoms. The van der Waals surface area contributed by atoms with Crippen molar-refractivity contribution in [3.8, 4) is 0 Å². The van der Waals surface area contributed by atoms with Crippen LogP contribution in [-0.2, 0) is 11.2 Å². The number of rotatable bonds is 5. The highest BCUT2D eigenvalue weighted by molar-refractivity contribution is 7.09. The van der Waals surface area contributed by atoms with E-state index in [1.165, 1.54) is 37.2 Å². The standard InChI is InChI=1S/C13H23N3OS/c1-10-6-4-5-7-11(10)16(2)13-14-12(15-18-13)8-9-17-3/h10-11H,4-9H2,1-3H3. The maximum Gasteiger partial charge on any atom is 0.205 e. The minimum Gasteiger partial charge on any atom is -0.384 e. The van der Waals surface area contributed by atoms with Gasteiger partial charge in [-0.25, -0.2) is 4.98 Å². The van der Waals surface area contributed by atoms with E-state index in [1.54, 1.807) is 7.11 Å². The maximum atomic E-state index is 5.06. The van der Waals surface area contributed by atoms with Crippen molar-refractivity contribution in [2.24, 2.45) is 5.92 Å². The molecule has 0 N–H and O–H groups in total. The molecule has 1 fully saturated rings. The third kappa shape index (κ3) is 3.20. The van der Waals surface area contributed by atoms with Gasteiger partial charge in [-0.1, -0.05) is 19.8 Å². The van der Waals surface area contributed by atoms with Crippen LogP contribution in [0.15, 0.2) is 0 Å². The first-order chi connectivity index (χ1) is 8.72. The number of hydrogen-bond donors (Lipinski definition) is 0. The van der Waals surface area contributed by atoms with Gasteiger partial charge in [0.25, 0.3) is 0 Å². The molecule has 0 aliphatic heterocycles. The second kappa shape index (κ2) is 6.48. The van der Waals surface area contributed by atoms with Crippen LogP contribution in [0.25, 0.3) is 0 Å². The molecular formula is C13H23N3OS. The zero-order chi connectivity index (χ0) is 13.0. The predicted octanol–water partition coefficient (Wildman–Crippen LogP) is 2.74. The molecule has 2 unspecified atom stereocenters. The molecule has 0 spiro atoms. The SMILES string of the molecule is COCCc1nsc(N(C)C2CCCCC2C)n1. The van der Waals surface area contributed by atoms with Crippen LogP contribution in [0.3, 0.4) is 0 Å². The van der Waals surface area contributed by atoms with Gasteiger partial charge in [0.05, 0.1) is 6.61 Å². The van der Waals surface area contributed by atoms with E-state index in [0.29, 0.717) is 12.6 Å². The first-order valence-electron chi connectivity index (χ1n) is 6.76. The van der Waals surface area contributed by atoms with Gasteiger partial charge in [-0.2, -0.15) is 4.37 Å². The highest BCUT2D eigenvalue weighted by atomic mass is 32.1. The normalized spacial score (nSPS) is 24.2. The van der Waals surface area contributed by atoms with E-state index in [-0.39, 0.29) is 0 Å². The summed E-state index contributed by atoms with van der Waals surface area (Å²) in [4.78, 5) is 6.94. The number of methoxy groups -OCH3 is 1. The smallest absolute Gasteiger partial charge is 0.205 e. The average Bonchev–Trinajstić information content (AvgIpc) is 2.85. The molecule has 0 radical (unpaired) electrons. The number of ether oxygens (including phenoxy) is 1. The Labute approximate surface area is 114 Å². The average molecular weight is 269 g/mol. The predicted molar refractivity (Wildman–Crippen MR) is 75.3 cm³/mol. The number of hydrogen-bond acceptors (Lipinski definition) is 5. The van der Waals surface area contributed by atoms with Crippen LogP contribution in [0.4, 0.5) is 5.13 Å². The number of nitrogens with zero attached hydrogens (tertiary/aromatic N) is 3. The largest absolute Gasteiger partial charge is 0.384 e. The van der Waals surface area contributed by atoms with Crippen LogP contribution in [0, 0.1) is 5.92 Å². The molecule has 102 valence electrons. The van der Waals surface area contributed by atoms with Crippen LogP contribution in [0.2, 0.25) is 0 Å². The van der Waals surface area contributed by atoms with E-state index in [4.69, 9.17) is 4.74 Å². The lowest BCUT2D eigenvalue weighted by atomic mass is 9.85. The zero-order valence-corrected chi connectivity index (χ0v) is 12.4. The van der Waals surface area contributed by atoms with Crippen molar-refractivity contribution in [2.75, 3.05) is 25.7 Å². The van der Waals surface area contributed by atoms with E-state index in [9.17, 15) is 0 Å². The van der Waals surface area contributed by atoms with Gasteiger partial charge < -0.3 is 9.64 Å². The Morgan fingerprint density at radius 3 is 2.89 bits per heavy atom. The van der Waals surface area contributed by atoms with E-state index >= 15 is 0 Å². The van der Waals surface area contributed by atoms with Crippen molar-refractivity contribution in [2.45, 2.75) is 45.1 Å². The Bertz CT molecular complexity index is 369. The molecule has 1 saturated carbocycles. The molecular weight excluding hydrogens is 246 g/mol. The fourth-order valence-corrected chi connectivity index (χ4v) is 3.43. The summed E-state index contributed by atoms with van der Waals surface area (Å²) in [5, 5.41) is 1.06. The molecule has 5 heteroatoms. The van der Waals surface area contributed by atoms with Gasteiger partial charge in [0.15, 0.2) is 0 Å². The molecule has 18 heavy (non-hydrogen) atoms. The third-order valence-electron chi connectivity index (χ3n) is 3.85. The Kier molecular flexibility index (Phi) is 4.95. The molecule has 1 aromatic heterocycles. The van der Waals surface area contributed by atoms with Gasteiger partial charge >= 0.3 is 0 Å². The first-order valence-corrected chi connectivity index (χ1v) is 7.54. The van der Waals surface area contributed by atoms with Crippen LogP contribution >= 0.6 is 11.5 Å². The van der Waals surface area contributed by atoms with Crippen molar-refractivity contribution < 1.29 is 4.74 Å². The summed E-state index contributed by atoms with van der Waals surface area (Å²) in [5.41, 5.74) is 0. The highest BCUT2D eigenvalue weighted by Gasteiger charge is 2.26. The maximum absolute atomic E-state index is 5.06. The van der Waals surface area contributed by atoms with Gasteiger partial charge in [0.2, 0.25) is 5.13 Å². The summed E-state index contributed by atoms with van der Waals surface area (Å²) in [7, 11) is 3.87. The molecule has 0 saturated heterocycles. The van der Waals surface area contributed by atoms with E-state index in [2.05, 4.69) is 28.2 Å². The Morgan fingerprint density at radius 2 is 2.17 bits per heavy atom. The molecule has 2 rings (SSSR count). The second-order valence-corrected chi connectivity index (χ2v) is 5.91. The highest BCUT2D eigenvalue weighted by Crippen LogP contribution is 2.31. The van der Waals surface area contributed by atoms with Crippen LogP contribution in [0.1, 0.15) is 38.4 Å². The molecule has 4 nitrogen and oxygen atoms in total. The summed E-state index contributed by atoms with van der Waals surface area (Å²) < 4.78 is 9.46. The Morgan fingerprint density at radius 1 is 1.39 bits per heavy atom. The van der Waals surface area contributed by atoms with Crippen molar-refractivity contribution in [1.29, 1.82) is 0 Å². The van der Waals surface area contributed by atoms with Crippen molar-refractivity contribution in [3.63, 3.8) is 0 Å². The van der Waals surface area contributed by atoms with Gasteiger partial charge in [0.1, 0.15) is 5.82 Å². The Hall–Kier alpha value is -0.680. The summed E-state index contributed by atoms with van der Waals surface area (Å²) in [5.74, 6) is 1.67. The van der Waals surface area contributed by atoms with Crippen LogP contribution in [-0.4, -0.2) is 36.2 Å². The van der Waals surface area contributed by atoms with Gasteiger partial charge in [-0.05, 0) is 18.8 Å². The lowest BCUT2D eigenvalue weighted by Crippen LogP contribution is -2.38.